The Balaban J connectivity index is 1.59. The largest absolute Gasteiger partial charge is 0.495 e. The maximum atomic E-state index is 12.2. The summed E-state index contributed by atoms with van der Waals surface area (Å²) in [5.74, 6) is 7.30. The zero-order chi connectivity index (χ0) is 18.4. The molecule has 1 aromatic heterocycles. The molecule has 3 N–H and O–H groups in total. The summed E-state index contributed by atoms with van der Waals surface area (Å²) in [7, 11) is 1.56. The Labute approximate surface area is 155 Å². The first kappa shape index (κ1) is 17.8. The number of nitrogens with zero attached hydrogens (tertiary/aromatic N) is 3. The van der Waals surface area contributed by atoms with Crippen LogP contribution in [0.4, 0.5) is 5.69 Å². The molecule has 3 aromatic rings. The number of hydrogen-bond donors (Lipinski definition) is 2. The Morgan fingerprint density at radius 1 is 1.15 bits per heavy atom. The molecular formula is C18H19N5O2S. The van der Waals surface area contributed by atoms with Gasteiger partial charge in [0, 0.05) is 6.42 Å². The van der Waals surface area contributed by atoms with Gasteiger partial charge in [0.05, 0.1) is 18.6 Å². The van der Waals surface area contributed by atoms with Gasteiger partial charge in [-0.15, -0.1) is 10.2 Å². The zero-order valence-corrected chi connectivity index (χ0v) is 15.1. The molecule has 1 heterocycles. The maximum absolute atomic E-state index is 12.2. The van der Waals surface area contributed by atoms with Crippen molar-refractivity contribution in [2.45, 2.75) is 11.6 Å². The van der Waals surface area contributed by atoms with Gasteiger partial charge in [0.1, 0.15) is 5.75 Å². The van der Waals surface area contributed by atoms with Gasteiger partial charge in [-0.25, -0.2) is 4.68 Å². The molecule has 0 fully saturated rings. The number of nitrogens with one attached hydrogen (secondary N) is 1. The fourth-order valence-corrected chi connectivity index (χ4v) is 3.04. The van der Waals surface area contributed by atoms with E-state index in [-0.39, 0.29) is 11.7 Å². The van der Waals surface area contributed by atoms with E-state index in [0.717, 1.165) is 5.56 Å². The summed E-state index contributed by atoms with van der Waals surface area (Å²) in [4.78, 5) is 12.2. The molecule has 0 radical (unpaired) electrons. The van der Waals surface area contributed by atoms with Gasteiger partial charge in [0.2, 0.25) is 11.1 Å². The maximum Gasteiger partial charge on any atom is 0.234 e. The van der Waals surface area contributed by atoms with Crippen LogP contribution in [0.1, 0.15) is 11.4 Å². The number of ether oxygens (including phenoxy) is 1. The number of amides is 1. The van der Waals surface area contributed by atoms with Gasteiger partial charge in [0.15, 0.2) is 5.82 Å². The lowest BCUT2D eigenvalue weighted by Crippen LogP contribution is -2.17. The Kier molecular flexibility index (Phi) is 5.75. The second-order valence-electron chi connectivity index (χ2n) is 5.47. The number of para-hydroxylation sites is 2. The van der Waals surface area contributed by atoms with E-state index in [1.807, 2.05) is 42.5 Å². The topological polar surface area (TPSA) is 95.1 Å². The Bertz CT molecular complexity index is 882. The summed E-state index contributed by atoms with van der Waals surface area (Å²) in [6, 6.07) is 17.1. The van der Waals surface area contributed by atoms with Crippen molar-refractivity contribution < 1.29 is 9.53 Å². The summed E-state index contributed by atoms with van der Waals surface area (Å²) >= 11 is 1.23. The van der Waals surface area contributed by atoms with Gasteiger partial charge in [-0.1, -0.05) is 54.2 Å². The molecule has 8 heteroatoms. The van der Waals surface area contributed by atoms with E-state index in [4.69, 9.17) is 10.6 Å². The van der Waals surface area contributed by atoms with Crippen LogP contribution in [0.25, 0.3) is 0 Å². The molecular weight excluding hydrogens is 350 g/mol. The van der Waals surface area contributed by atoms with Crippen LogP contribution >= 0.6 is 11.8 Å². The molecule has 0 atom stereocenters. The lowest BCUT2D eigenvalue weighted by Gasteiger charge is -2.09. The number of rotatable bonds is 7. The average molecular weight is 369 g/mol. The van der Waals surface area contributed by atoms with Crippen LogP contribution in [-0.2, 0) is 11.2 Å². The lowest BCUT2D eigenvalue weighted by molar-refractivity contribution is -0.113. The Morgan fingerprint density at radius 3 is 2.65 bits per heavy atom. The number of carbonyl (C=O) groups is 1. The quantitative estimate of drug-likeness (QED) is 0.490. The van der Waals surface area contributed by atoms with Crippen molar-refractivity contribution in [3.63, 3.8) is 0 Å². The molecule has 0 saturated carbocycles. The van der Waals surface area contributed by atoms with Gasteiger partial charge < -0.3 is 15.9 Å². The van der Waals surface area contributed by atoms with Crippen LogP contribution in [-0.4, -0.2) is 33.6 Å². The third-order valence-electron chi connectivity index (χ3n) is 3.65. The Morgan fingerprint density at radius 2 is 1.88 bits per heavy atom. The summed E-state index contributed by atoms with van der Waals surface area (Å²) in [5, 5.41) is 11.5. The van der Waals surface area contributed by atoms with E-state index in [0.29, 0.717) is 28.8 Å². The molecule has 26 heavy (non-hydrogen) atoms. The molecule has 0 aliphatic heterocycles. The summed E-state index contributed by atoms with van der Waals surface area (Å²) in [6.07, 6.45) is 0.582. The van der Waals surface area contributed by atoms with Crippen LogP contribution in [0.2, 0.25) is 0 Å². The number of aromatic nitrogens is 3. The van der Waals surface area contributed by atoms with Gasteiger partial charge in [-0.3, -0.25) is 4.79 Å². The molecule has 134 valence electrons. The highest BCUT2D eigenvalue weighted by atomic mass is 32.2. The van der Waals surface area contributed by atoms with Crippen molar-refractivity contribution in [2.24, 2.45) is 0 Å². The third kappa shape index (κ3) is 4.34. The van der Waals surface area contributed by atoms with E-state index < -0.39 is 0 Å². The Hall–Kier alpha value is -3.00. The minimum atomic E-state index is -0.174. The van der Waals surface area contributed by atoms with Crippen LogP contribution in [0.15, 0.2) is 59.8 Å². The molecule has 0 aliphatic carbocycles. The third-order valence-corrected chi connectivity index (χ3v) is 4.60. The second-order valence-corrected chi connectivity index (χ2v) is 6.41. The number of thioether (sulfide) groups is 1. The van der Waals surface area contributed by atoms with E-state index in [9.17, 15) is 4.79 Å². The minimum Gasteiger partial charge on any atom is -0.495 e. The predicted molar refractivity (Wildman–Crippen MR) is 102 cm³/mol. The second kappa shape index (κ2) is 8.39. The molecule has 2 aromatic carbocycles. The first-order valence-corrected chi connectivity index (χ1v) is 8.95. The standard InChI is InChI=1S/C18H19N5O2S/c1-25-15-10-6-5-9-14(15)20-17(24)12-26-18-22-21-16(23(18)19)11-13-7-3-2-4-8-13/h2-10H,11-12,19H2,1H3,(H,20,24). The number of methoxy groups -OCH3 is 1. The van der Waals surface area contributed by atoms with Crippen molar-refractivity contribution in [1.29, 1.82) is 0 Å². The van der Waals surface area contributed by atoms with E-state index in [1.54, 1.807) is 19.2 Å². The first-order valence-electron chi connectivity index (χ1n) is 7.96. The van der Waals surface area contributed by atoms with Gasteiger partial charge >= 0.3 is 0 Å². The smallest absolute Gasteiger partial charge is 0.234 e. The number of anilines is 1. The van der Waals surface area contributed by atoms with Gasteiger partial charge in [-0.05, 0) is 17.7 Å². The van der Waals surface area contributed by atoms with Gasteiger partial charge in [-0.2, -0.15) is 0 Å². The van der Waals surface area contributed by atoms with Crippen molar-refractivity contribution in [2.75, 3.05) is 24.0 Å². The monoisotopic (exact) mass is 369 g/mol. The number of nitrogen functional groups attached to an aromatic ring is 1. The van der Waals surface area contributed by atoms with Crippen molar-refractivity contribution in [1.82, 2.24) is 14.9 Å². The van der Waals surface area contributed by atoms with Crippen LogP contribution < -0.4 is 15.9 Å². The molecule has 0 saturated heterocycles. The molecule has 0 aliphatic rings. The van der Waals surface area contributed by atoms with E-state index >= 15 is 0 Å². The molecule has 1 amide bonds. The van der Waals surface area contributed by atoms with Gasteiger partial charge in [0.25, 0.3) is 0 Å². The average Bonchev–Trinajstić information content (AvgIpc) is 3.01. The number of nitrogens with two attached hydrogens (primary N) is 1. The van der Waals surface area contributed by atoms with Crippen molar-refractivity contribution in [3.8, 4) is 5.75 Å². The summed E-state index contributed by atoms with van der Waals surface area (Å²) in [5.41, 5.74) is 1.72. The van der Waals surface area contributed by atoms with Crippen molar-refractivity contribution >= 4 is 23.4 Å². The predicted octanol–water partition coefficient (Wildman–Crippen LogP) is 2.32. The SMILES string of the molecule is COc1ccccc1NC(=O)CSc1nnc(Cc2ccccc2)n1N. The van der Waals surface area contributed by atoms with Crippen LogP contribution in [0.3, 0.4) is 0 Å². The number of benzene rings is 2. The van der Waals surface area contributed by atoms with Crippen LogP contribution in [0, 0.1) is 0 Å². The highest BCUT2D eigenvalue weighted by Gasteiger charge is 2.13. The highest BCUT2D eigenvalue weighted by molar-refractivity contribution is 7.99. The van der Waals surface area contributed by atoms with E-state index in [2.05, 4.69) is 15.5 Å². The summed E-state index contributed by atoms with van der Waals surface area (Å²) < 4.78 is 6.64. The molecule has 3 rings (SSSR count). The molecule has 7 nitrogen and oxygen atoms in total. The number of hydrogen-bond acceptors (Lipinski definition) is 6. The van der Waals surface area contributed by atoms with Crippen molar-refractivity contribution in [3.05, 3.63) is 66.0 Å². The fraction of sp³-hybridized carbons (Fsp3) is 0.167. The number of carbonyl (C=O) groups excluding carboxylic acids is 1. The minimum absolute atomic E-state index is 0.165. The van der Waals surface area contributed by atoms with Crippen LogP contribution in [0.5, 0.6) is 5.75 Å². The highest BCUT2D eigenvalue weighted by Crippen LogP contribution is 2.24. The zero-order valence-electron chi connectivity index (χ0n) is 14.3. The molecule has 0 bridgehead atoms. The lowest BCUT2D eigenvalue weighted by atomic mass is 10.1. The normalized spacial score (nSPS) is 10.5. The fourth-order valence-electron chi connectivity index (χ4n) is 2.37. The summed E-state index contributed by atoms with van der Waals surface area (Å²) in [6.45, 7) is 0. The van der Waals surface area contributed by atoms with E-state index in [1.165, 1.54) is 16.4 Å². The molecule has 0 unspecified atom stereocenters. The molecule has 0 spiro atoms. The first-order chi connectivity index (χ1) is 12.7.